The second-order valence-electron chi connectivity index (χ2n) is 8.36. The molecule has 0 aromatic heterocycles. The van der Waals surface area contributed by atoms with Crippen LogP contribution in [0.5, 0.6) is 0 Å². The lowest BCUT2D eigenvalue weighted by molar-refractivity contribution is -0.142. The van der Waals surface area contributed by atoms with Gasteiger partial charge in [-0.25, -0.2) is 0 Å². The third-order valence-corrected chi connectivity index (χ3v) is 8.67. The molecule has 0 aliphatic carbocycles. The Labute approximate surface area is 171 Å². The minimum atomic E-state index is -0.633. The zero-order valence-corrected chi connectivity index (χ0v) is 18.1. The molecule has 3 aliphatic rings. The van der Waals surface area contributed by atoms with Crippen LogP contribution in [0.4, 0.5) is 0 Å². The van der Waals surface area contributed by atoms with Crippen LogP contribution < -0.4 is 10.6 Å². The number of nitrogens with one attached hydrogen (secondary N) is 2. The van der Waals surface area contributed by atoms with Gasteiger partial charge in [0, 0.05) is 18.3 Å². The van der Waals surface area contributed by atoms with Gasteiger partial charge < -0.3 is 20.6 Å². The first-order valence-corrected chi connectivity index (χ1v) is 11.4. The van der Waals surface area contributed by atoms with E-state index in [9.17, 15) is 19.5 Å². The van der Waals surface area contributed by atoms with E-state index in [1.807, 2.05) is 13.8 Å². The van der Waals surface area contributed by atoms with Crippen molar-refractivity contribution in [3.8, 4) is 0 Å². The molecule has 0 saturated carbocycles. The van der Waals surface area contributed by atoms with Gasteiger partial charge in [0.15, 0.2) is 0 Å². The molecule has 8 heteroatoms. The lowest BCUT2D eigenvalue weighted by atomic mass is 9.70. The Bertz CT molecular complexity index is 641. The zero-order chi connectivity index (χ0) is 20.6. The Morgan fingerprint density at radius 1 is 1.36 bits per heavy atom. The van der Waals surface area contributed by atoms with Crippen LogP contribution in [0.15, 0.2) is 0 Å². The fourth-order valence-corrected chi connectivity index (χ4v) is 7.70. The van der Waals surface area contributed by atoms with E-state index in [0.29, 0.717) is 6.42 Å². The summed E-state index contributed by atoms with van der Waals surface area (Å²) in [7, 11) is 1.60. The maximum Gasteiger partial charge on any atom is 0.244 e. The second kappa shape index (κ2) is 8.22. The first kappa shape index (κ1) is 21.4. The molecule has 3 heterocycles. The molecular formula is C20H33N3O4S. The van der Waals surface area contributed by atoms with Crippen molar-refractivity contribution in [3.63, 3.8) is 0 Å². The third-order valence-electron chi connectivity index (χ3n) is 6.72. The number of thioether (sulfide) groups is 1. The quantitative estimate of drug-likeness (QED) is 0.551. The number of carbonyl (C=O) groups excluding carboxylic acids is 3. The number of fused-ring (bicyclic) bond motifs is 1. The monoisotopic (exact) mass is 411 g/mol. The van der Waals surface area contributed by atoms with Crippen molar-refractivity contribution in [2.24, 2.45) is 11.8 Å². The van der Waals surface area contributed by atoms with E-state index >= 15 is 0 Å². The van der Waals surface area contributed by atoms with Gasteiger partial charge in [-0.2, -0.15) is 0 Å². The standard InChI is InChI=1S/C20H33N3O4S/c1-5-7-11(3)22-18(26)16-20-9-8-13(28-20)14(17(25)21-4)15(20)19(27)23(16)12(6-2)10-24/h11-16,24H,5-10H2,1-4H3,(H,21,25)(H,22,26)/t11?,12-,13+,14-,15-,16?,20?/m0/s1. The van der Waals surface area contributed by atoms with Crippen LogP contribution in [-0.2, 0) is 14.4 Å². The molecule has 1 spiro atoms. The maximum atomic E-state index is 13.5. The fourth-order valence-electron chi connectivity index (χ4n) is 5.49. The second-order valence-corrected chi connectivity index (χ2v) is 9.96. The van der Waals surface area contributed by atoms with E-state index in [0.717, 1.165) is 25.7 Å². The van der Waals surface area contributed by atoms with Crippen molar-refractivity contribution in [2.45, 2.75) is 81.0 Å². The molecular weight excluding hydrogens is 378 g/mol. The SMILES string of the molecule is CCCC(C)NC(=O)C1N([C@@H](CC)CO)C(=O)[C@@H]2[C@@H](C(=O)NC)[C@H]3CCC12S3. The van der Waals surface area contributed by atoms with Crippen molar-refractivity contribution < 1.29 is 19.5 Å². The number of hydrogen-bond acceptors (Lipinski definition) is 5. The first-order valence-electron chi connectivity index (χ1n) is 10.5. The molecule has 3 amide bonds. The average Bonchev–Trinajstić information content (AvgIpc) is 3.30. The highest BCUT2D eigenvalue weighted by molar-refractivity contribution is 8.02. The van der Waals surface area contributed by atoms with E-state index in [-0.39, 0.29) is 35.6 Å². The van der Waals surface area contributed by atoms with E-state index in [2.05, 4.69) is 17.6 Å². The van der Waals surface area contributed by atoms with Gasteiger partial charge in [-0.05, 0) is 32.6 Å². The van der Waals surface area contributed by atoms with Crippen LogP contribution in [0.25, 0.3) is 0 Å². The third kappa shape index (κ3) is 3.12. The lowest BCUT2D eigenvalue weighted by Crippen LogP contribution is -2.57. The van der Waals surface area contributed by atoms with E-state index in [1.165, 1.54) is 0 Å². The summed E-state index contributed by atoms with van der Waals surface area (Å²) in [5, 5.41) is 15.8. The molecule has 2 bridgehead atoms. The molecule has 3 unspecified atom stereocenters. The van der Waals surface area contributed by atoms with Gasteiger partial charge in [-0.3, -0.25) is 14.4 Å². The van der Waals surface area contributed by atoms with Gasteiger partial charge in [0.25, 0.3) is 0 Å². The number of aliphatic hydroxyl groups excluding tert-OH is 1. The van der Waals surface area contributed by atoms with Crippen molar-refractivity contribution in [1.82, 2.24) is 15.5 Å². The minimum Gasteiger partial charge on any atom is -0.394 e. The van der Waals surface area contributed by atoms with Gasteiger partial charge in [0.2, 0.25) is 17.7 Å². The fraction of sp³-hybridized carbons (Fsp3) is 0.850. The number of rotatable bonds is 8. The highest BCUT2D eigenvalue weighted by atomic mass is 32.2. The van der Waals surface area contributed by atoms with Crippen molar-refractivity contribution in [2.75, 3.05) is 13.7 Å². The molecule has 0 aromatic rings. The molecule has 3 aliphatic heterocycles. The van der Waals surface area contributed by atoms with Gasteiger partial charge in [-0.15, -0.1) is 11.8 Å². The molecule has 3 N–H and O–H groups in total. The molecule has 28 heavy (non-hydrogen) atoms. The highest BCUT2D eigenvalue weighted by Gasteiger charge is 2.74. The maximum absolute atomic E-state index is 13.5. The average molecular weight is 412 g/mol. The van der Waals surface area contributed by atoms with Crippen molar-refractivity contribution >= 4 is 29.5 Å². The van der Waals surface area contributed by atoms with Gasteiger partial charge in [0.1, 0.15) is 6.04 Å². The Hall–Kier alpha value is -1.28. The normalized spacial score (nSPS) is 35.6. The molecule has 7 atom stereocenters. The Morgan fingerprint density at radius 2 is 2.07 bits per heavy atom. The largest absolute Gasteiger partial charge is 0.394 e. The summed E-state index contributed by atoms with van der Waals surface area (Å²) in [6, 6.07) is -1.02. The van der Waals surface area contributed by atoms with Gasteiger partial charge in [0.05, 0.1) is 29.2 Å². The van der Waals surface area contributed by atoms with Crippen LogP contribution in [0.1, 0.15) is 52.9 Å². The van der Waals surface area contributed by atoms with Crippen LogP contribution in [0.2, 0.25) is 0 Å². The predicted octanol–water partition coefficient (Wildman–Crippen LogP) is 0.899. The zero-order valence-electron chi connectivity index (χ0n) is 17.2. The van der Waals surface area contributed by atoms with E-state index in [4.69, 9.17) is 0 Å². The number of likely N-dealkylation sites (tertiary alicyclic amines) is 1. The summed E-state index contributed by atoms with van der Waals surface area (Å²) in [4.78, 5) is 41.1. The highest BCUT2D eigenvalue weighted by Crippen LogP contribution is 2.66. The molecule has 158 valence electrons. The Kier molecular flexibility index (Phi) is 6.29. The first-order chi connectivity index (χ1) is 13.4. The number of carbonyl (C=O) groups is 3. The van der Waals surface area contributed by atoms with Crippen molar-refractivity contribution in [1.29, 1.82) is 0 Å². The summed E-state index contributed by atoms with van der Waals surface area (Å²) in [6.07, 6.45) is 4.00. The van der Waals surface area contributed by atoms with Crippen molar-refractivity contribution in [3.05, 3.63) is 0 Å². The summed E-state index contributed by atoms with van der Waals surface area (Å²) in [6.45, 7) is 5.78. The Balaban J connectivity index is 2.00. The van der Waals surface area contributed by atoms with Gasteiger partial charge in [-0.1, -0.05) is 20.3 Å². The van der Waals surface area contributed by atoms with Crippen LogP contribution in [0.3, 0.4) is 0 Å². The minimum absolute atomic E-state index is 0.0254. The van der Waals surface area contributed by atoms with Crippen LogP contribution >= 0.6 is 11.8 Å². The number of aliphatic hydroxyl groups is 1. The molecule has 3 fully saturated rings. The summed E-state index contributed by atoms with van der Waals surface area (Å²) >= 11 is 1.66. The molecule has 0 aromatic carbocycles. The Morgan fingerprint density at radius 3 is 2.64 bits per heavy atom. The van der Waals surface area contributed by atoms with Gasteiger partial charge >= 0.3 is 0 Å². The summed E-state index contributed by atoms with van der Waals surface area (Å²) in [5.41, 5.74) is 0. The molecule has 0 radical (unpaired) electrons. The molecule has 3 rings (SSSR count). The topological polar surface area (TPSA) is 98.7 Å². The number of amides is 3. The summed E-state index contributed by atoms with van der Waals surface area (Å²) < 4.78 is -0.572. The lowest BCUT2D eigenvalue weighted by Gasteiger charge is -2.37. The van der Waals surface area contributed by atoms with E-state index < -0.39 is 28.7 Å². The summed E-state index contributed by atoms with van der Waals surface area (Å²) in [5.74, 6) is -1.30. The number of nitrogens with zero attached hydrogens (tertiary/aromatic N) is 1. The van der Waals surface area contributed by atoms with E-state index in [1.54, 1.807) is 23.7 Å². The van der Waals surface area contributed by atoms with Crippen LogP contribution in [0, 0.1) is 11.8 Å². The van der Waals surface area contributed by atoms with Crippen LogP contribution in [-0.4, -0.2) is 69.5 Å². The molecule has 7 nitrogen and oxygen atoms in total. The number of hydrogen-bond donors (Lipinski definition) is 3. The smallest absolute Gasteiger partial charge is 0.244 e. The predicted molar refractivity (Wildman–Crippen MR) is 109 cm³/mol. The molecule has 3 saturated heterocycles.